The van der Waals surface area contributed by atoms with Crippen LogP contribution < -0.4 is 5.32 Å². The smallest absolute Gasteiger partial charge is 0.0658 e. The SMILES string of the molecule is CCOC1CC(NC2COC2)C1(C)CC. The van der Waals surface area contributed by atoms with Crippen molar-refractivity contribution in [2.24, 2.45) is 5.41 Å². The van der Waals surface area contributed by atoms with Crippen LogP contribution in [0.15, 0.2) is 0 Å². The van der Waals surface area contributed by atoms with Crippen molar-refractivity contribution in [3.8, 4) is 0 Å². The Kier molecular flexibility index (Phi) is 3.33. The first kappa shape index (κ1) is 11.4. The fourth-order valence-electron chi connectivity index (χ4n) is 2.62. The summed E-state index contributed by atoms with van der Waals surface area (Å²) in [4.78, 5) is 0. The minimum atomic E-state index is 0.325. The summed E-state index contributed by atoms with van der Waals surface area (Å²) in [7, 11) is 0. The molecule has 0 aromatic heterocycles. The van der Waals surface area contributed by atoms with Crippen molar-refractivity contribution in [2.45, 2.75) is 51.8 Å². The minimum absolute atomic E-state index is 0.325. The summed E-state index contributed by atoms with van der Waals surface area (Å²) in [5.74, 6) is 0. The Morgan fingerprint density at radius 3 is 2.60 bits per heavy atom. The Balaban J connectivity index is 1.85. The molecular formula is C12H23NO2. The van der Waals surface area contributed by atoms with Gasteiger partial charge in [0, 0.05) is 18.1 Å². The fourth-order valence-corrected chi connectivity index (χ4v) is 2.62. The summed E-state index contributed by atoms with van der Waals surface area (Å²) in [6, 6.07) is 1.21. The normalized spacial score (nSPS) is 41.0. The van der Waals surface area contributed by atoms with Gasteiger partial charge in [-0.25, -0.2) is 0 Å². The van der Waals surface area contributed by atoms with Gasteiger partial charge in [0.25, 0.3) is 0 Å². The van der Waals surface area contributed by atoms with Gasteiger partial charge >= 0.3 is 0 Å². The molecule has 0 amide bonds. The van der Waals surface area contributed by atoms with Gasteiger partial charge in [-0.2, -0.15) is 0 Å². The maximum absolute atomic E-state index is 5.78. The quantitative estimate of drug-likeness (QED) is 0.752. The molecular weight excluding hydrogens is 190 g/mol. The number of nitrogens with one attached hydrogen (secondary N) is 1. The second-order valence-electron chi connectivity index (χ2n) is 4.99. The van der Waals surface area contributed by atoms with Crippen LogP contribution in [0.1, 0.15) is 33.6 Å². The summed E-state index contributed by atoms with van der Waals surface area (Å²) in [5, 5.41) is 3.68. The van der Waals surface area contributed by atoms with Crippen LogP contribution in [0.25, 0.3) is 0 Å². The van der Waals surface area contributed by atoms with Crippen molar-refractivity contribution < 1.29 is 9.47 Å². The lowest BCUT2D eigenvalue weighted by atomic mass is 9.61. The summed E-state index contributed by atoms with van der Waals surface area (Å²) in [6.45, 7) is 9.28. The Morgan fingerprint density at radius 1 is 1.40 bits per heavy atom. The molecule has 1 N–H and O–H groups in total. The van der Waals surface area contributed by atoms with Crippen LogP contribution in [0.2, 0.25) is 0 Å². The van der Waals surface area contributed by atoms with Crippen LogP contribution in [0.4, 0.5) is 0 Å². The molecule has 88 valence electrons. The number of ether oxygens (including phenoxy) is 2. The lowest BCUT2D eigenvalue weighted by molar-refractivity contribution is -0.138. The number of rotatable bonds is 5. The predicted octanol–water partition coefficient (Wildman–Crippen LogP) is 1.57. The average Bonchev–Trinajstić information content (AvgIpc) is 2.18. The van der Waals surface area contributed by atoms with E-state index < -0.39 is 0 Å². The highest BCUT2D eigenvalue weighted by atomic mass is 16.5. The zero-order chi connectivity index (χ0) is 10.9. The van der Waals surface area contributed by atoms with E-state index in [9.17, 15) is 0 Å². The average molecular weight is 213 g/mol. The van der Waals surface area contributed by atoms with E-state index in [2.05, 4.69) is 26.1 Å². The molecule has 2 rings (SSSR count). The van der Waals surface area contributed by atoms with Gasteiger partial charge in [-0.15, -0.1) is 0 Å². The molecule has 0 radical (unpaired) electrons. The molecule has 0 bridgehead atoms. The third-order valence-corrected chi connectivity index (χ3v) is 4.19. The molecule has 2 fully saturated rings. The Hall–Kier alpha value is -0.120. The first-order chi connectivity index (χ1) is 7.20. The van der Waals surface area contributed by atoms with E-state index in [1.807, 2.05) is 0 Å². The molecule has 1 saturated heterocycles. The lowest BCUT2D eigenvalue weighted by Gasteiger charge is -2.55. The van der Waals surface area contributed by atoms with Gasteiger partial charge < -0.3 is 14.8 Å². The maximum atomic E-state index is 5.78. The van der Waals surface area contributed by atoms with Crippen LogP contribution in [-0.4, -0.2) is 38.0 Å². The molecule has 1 aliphatic carbocycles. The van der Waals surface area contributed by atoms with E-state index in [1.54, 1.807) is 0 Å². The Labute approximate surface area is 92.5 Å². The standard InChI is InChI=1S/C12H23NO2/c1-4-12(3)10(6-11(12)15-5-2)13-9-7-14-8-9/h9-11,13H,4-8H2,1-3H3. The zero-order valence-corrected chi connectivity index (χ0v) is 10.1. The van der Waals surface area contributed by atoms with Gasteiger partial charge in [-0.05, 0) is 19.8 Å². The molecule has 3 atom stereocenters. The molecule has 1 aliphatic heterocycles. The van der Waals surface area contributed by atoms with Crippen molar-refractivity contribution in [1.82, 2.24) is 5.32 Å². The highest BCUT2D eigenvalue weighted by Crippen LogP contribution is 2.46. The Morgan fingerprint density at radius 2 is 2.13 bits per heavy atom. The van der Waals surface area contributed by atoms with E-state index in [0.717, 1.165) is 26.2 Å². The van der Waals surface area contributed by atoms with Gasteiger partial charge in [-0.3, -0.25) is 0 Å². The lowest BCUT2D eigenvalue weighted by Crippen LogP contribution is -2.66. The molecule has 0 spiro atoms. The highest BCUT2D eigenvalue weighted by molar-refractivity contribution is 5.06. The van der Waals surface area contributed by atoms with Gasteiger partial charge in [-0.1, -0.05) is 13.8 Å². The second-order valence-corrected chi connectivity index (χ2v) is 4.99. The van der Waals surface area contributed by atoms with Crippen LogP contribution in [0.3, 0.4) is 0 Å². The van der Waals surface area contributed by atoms with Crippen LogP contribution in [0.5, 0.6) is 0 Å². The van der Waals surface area contributed by atoms with Crippen molar-refractivity contribution in [2.75, 3.05) is 19.8 Å². The minimum Gasteiger partial charge on any atom is -0.378 e. The van der Waals surface area contributed by atoms with Crippen molar-refractivity contribution in [3.63, 3.8) is 0 Å². The second kappa shape index (κ2) is 4.40. The topological polar surface area (TPSA) is 30.5 Å². The van der Waals surface area contributed by atoms with Crippen molar-refractivity contribution in [3.05, 3.63) is 0 Å². The third kappa shape index (κ3) is 1.93. The van der Waals surface area contributed by atoms with Gasteiger partial charge in [0.15, 0.2) is 0 Å². The maximum Gasteiger partial charge on any atom is 0.0658 e. The van der Waals surface area contributed by atoms with Crippen LogP contribution in [-0.2, 0) is 9.47 Å². The third-order valence-electron chi connectivity index (χ3n) is 4.19. The molecule has 3 nitrogen and oxygen atoms in total. The van der Waals surface area contributed by atoms with Gasteiger partial charge in [0.05, 0.1) is 25.4 Å². The molecule has 1 heterocycles. The fraction of sp³-hybridized carbons (Fsp3) is 1.00. The van der Waals surface area contributed by atoms with E-state index in [0.29, 0.717) is 23.6 Å². The van der Waals surface area contributed by atoms with E-state index >= 15 is 0 Å². The summed E-state index contributed by atoms with van der Waals surface area (Å²) in [5.41, 5.74) is 0.325. The monoisotopic (exact) mass is 213 g/mol. The highest BCUT2D eigenvalue weighted by Gasteiger charge is 2.51. The molecule has 15 heavy (non-hydrogen) atoms. The number of hydrogen-bond acceptors (Lipinski definition) is 3. The van der Waals surface area contributed by atoms with Crippen LogP contribution >= 0.6 is 0 Å². The molecule has 0 aromatic carbocycles. The summed E-state index contributed by atoms with van der Waals surface area (Å²) in [6.07, 6.45) is 2.79. The molecule has 1 saturated carbocycles. The van der Waals surface area contributed by atoms with Crippen molar-refractivity contribution >= 4 is 0 Å². The Bertz CT molecular complexity index is 218. The van der Waals surface area contributed by atoms with E-state index in [-0.39, 0.29) is 0 Å². The van der Waals surface area contributed by atoms with Crippen LogP contribution in [0, 0.1) is 5.41 Å². The van der Waals surface area contributed by atoms with Gasteiger partial charge in [0.1, 0.15) is 0 Å². The molecule has 3 heteroatoms. The molecule has 0 aromatic rings. The summed E-state index contributed by atoms with van der Waals surface area (Å²) < 4.78 is 11.0. The number of hydrogen-bond donors (Lipinski definition) is 1. The first-order valence-electron chi connectivity index (χ1n) is 6.16. The predicted molar refractivity (Wildman–Crippen MR) is 60.0 cm³/mol. The first-order valence-corrected chi connectivity index (χ1v) is 6.16. The zero-order valence-electron chi connectivity index (χ0n) is 10.1. The summed E-state index contributed by atoms with van der Waals surface area (Å²) >= 11 is 0. The molecule has 2 aliphatic rings. The largest absolute Gasteiger partial charge is 0.378 e. The molecule has 3 unspecified atom stereocenters. The van der Waals surface area contributed by atoms with Crippen molar-refractivity contribution in [1.29, 1.82) is 0 Å². The van der Waals surface area contributed by atoms with E-state index in [1.165, 1.54) is 6.42 Å². The van der Waals surface area contributed by atoms with E-state index in [4.69, 9.17) is 9.47 Å². The van der Waals surface area contributed by atoms with Gasteiger partial charge in [0.2, 0.25) is 0 Å².